The van der Waals surface area contributed by atoms with Gasteiger partial charge >= 0.3 is 11.9 Å². The number of rotatable bonds is 9. The second-order valence-corrected chi connectivity index (χ2v) is 6.41. The summed E-state index contributed by atoms with van der Waals surface area (Å²) in [6, 6.07) is 12.5. The van der Waals surface area contributed by atoms with Crippen molar-refractivity contribution in [3.05, 3.63) is 42.5 Å². The fourth-order valence-corrected chi connectivity index (χ4v) is 2.60. The molecule has 7 heteroatoms. The lowest BCUT2D eigenvalue weighted by molar-refractivity contribution is -0.152. The second-order valence-electron chi connectivity index (χ2n) is 6.41. The number of benzene rings is 2. The van der Waals surface area contributed by atoms with Crippen LogP contribution in [0, 0.1) is 5.92 Å². The molecule has 1 N–H and O–H groups in total. The largest absolute Gasteiger partial charge is 0.482 e. The molecule has 0 aliphatic carbocycles. The Hall–Kier alpha value is -3.09. The number of fused-ring (bicyclic) bond motifs is 1. The van der Waals surface area contributed by atoms with Crippen molar-refractivity contribution in [2.45, 2.75) is 26.3 Å². The Labute approximate surface area is 164 Å². The van der Waals surface area contributed by atoms with Gasteiger partial charge in [-0.15, -0.1) is 0 Å². The van der Waals surface area contributed by atoms with E-state index in [1.807, 2.05) is 50.2 Å². The highest BCUT2D eigenvalue weighted by Crippen LogP contribution is 2.20. The van der Waals surface area contributed by atoms with Gasteiger partial charge in [-0.1, -0.05) is 50.6 Å². The van der Waals surface area contributed by atoms with Crippen LogP contribution in [0.2, 0.25) is 0 Å². The third-order valence-corrected chi connectivity index (χ3v) is 4.43. The Morgan fingerprint density at radius 2 is 1.75 bits per heavy atom. The predicted octanol–water partition coefficient (Wildman–Crippen LogP) is 2.47. The maximum Gasteiger partial charge on any atom is 0.344 e. The van der Waals surface area contributed by atoms with Gasteiger partial charge in [0.2, 0.25) is 0 Å². The minimum absolute atomic E-state index is 0.108. The molecule has 2 aromatic carbocycles. The molecule has 0 aromatic heterocycles. The summed E-state index contributed by atoms with van der Waals surface area (Å²) < 4.78 is 15.0. The Kier molecular flexibility index (Phi) is 7.80. The number of nitrogens with one attached hydrogen (secondary N) is 1. The molecule has 0 spiro atoms. The van der Waals surface area contributed by atoms with Crippen molar-refractivity contribution in [1.29, 1.82) is 0 Å². The highest BCUT2D eigenvalue weighted by atomic mass is 16.6. The van der Waals surface area contributed by atoms with Crippen LogP contribution in [0.15, 0.2) is 42.5 Å². The molecule has 0 fully saturated rings. The molecule has 150 valence electrons. The van der Waals surface area contributed by atoms with E-state index in [-0.39, 0.29) is 12.5 Å². The molecule has 0 radical (unpaired) electrons. The van der Waals surface area contributed by atoms with Crippen molar-refractivity contribution in [1.82, 2.24) is 5.32 Å². The standard InChI is InChI=1S/C21H25NO6/c1-4-14(2)20(21(25)26-3)22-18(23)12-28-19(24)13-27-17-10-9-15-7-5-6-8-16(15)11-17/h5-11,14,20H,4,12-13H2,1-3H3,(H,22,23)/t14-,20-/m1/s1. The highest BCUT2D eigenvalue weighted by molar-refractivity contribution is 5.86. The zero-order valence-electron chi connectivity index (χ0n) is 16.3. The summed E-state index contributed by atoms with van der Waals surface area (Å²) in [5, 5.41) is 4.59. The van der Waals surface area contributed by atoms with Crippen LogP contribution in [0.5, 0.6) is 5.75 Å². The number of ether oxygens (including phenoxy) is 3. The molecule has 2 rings (SSSR count). The van der Waals surface area contributed by atoms with E-state index in [0.29, 0.717) is 12.2 Å². The third-order valence-electron chi connectivity index (χ3n) is 4.43. The van der Waals surface area contributed by atoms with Crippen molar-refractivity contribution < 1.29 is 28.6 Å². The number of methoxy groups -OCH3 is 1. The lowest BCUT2D eigenvalue weighted by Crippen LogP contribution is -2.47. The highest BCUT2D eigenvalue weighted by Gasteiger charge is 2.26. The Bertz CT molecular complexity index is 835. The van der Waals surface area contributed by atoms with Crippen LogP contribution in [0.4, 0.5) is 0 Å². The molecule has 2 atom stereocenters. The van der Waals surface area contributed by atoms with Gasteiger partial charge in [0.05, 0.1) is 7.11 Å². The molecule has 2 aromatic rings. The molecular formula is C21H25NO6. The summed E-state index contributed by atoms with van der Waals surface area (Å²) >= 11 is 0. The number of hydrogen-bond acceptors (Lipinski definition) is 6. The van der Waals surface area contributed by atoms with Gasteiger partial charge in [0.15, 0.2) is 13.2 Å². The van der Waals surface area contributed by atoms with E-state index in [0.717, 1.165) is 10.8 Å². The van der Waals surface area contributed by atoms with E-state index in [1.165, 1.54) is 7.11 Å². The first-order chi connectivity index (χ1) is 13.4. The Morgan fingerprint density at radius 3 is 2.43 bits per heavy atom. The third kappa shape index (κ3) is 5.97. The first-order valence-corrected chi connectivity index (χ1v) is 9.09. The number of hydrogen-bond donors (Lipinski definition) is 1. The van der Waals surface area contributed by atoms with Gasteiger partial charge in [-0.3, -0.25) is 4.79 Å². The maximum atomic E-state index is 12.0. The predicted molar refractivity (Wildman–Crippen MR) is 104 cm³/mol. The van der Waals surface area contributed by atoms with Gasteiger partial charge in [-0.05, 0) is 28.8 Å². The molecule has 0 unspecified atom stereocenters. The van der Waals surface area contributed by atoms with E-state index in [1.54, 1.807) is 6.07 Å². The van der Waals surface area contributed by atoms with Crippen LogP contribution in [-0.4, -0.2) is 44.2 Å². The zero-order valence-corrected chi connectivity index (χ0v) is 16.3. The minimum atomic E-state index is -0.782. The molecule has 0 aliphatic heterocycles. The van der Waals surface area contributed by atoms with E-state index < -0.39 is 30.5 Å². The Balaban J connectivity index is 1.80. The fraction of sp³-hybridized carbons (Fsp3) is 0.381. The van der Waals surface area contributed by atoms with Crippen molar-refractivity contribution in [2.24, 2.45) is 5.92 Å². The lowest BCUT2D eigenvalue weighted by atomic mass is 9.99. The average molecular weight is 387 g/mol. The molecule has 1 amide bonds. The van der Waals surface area contributed by atoms with Gasteiger partial charge in [0.25, 0.3) is 5.91 Å². The van der Waals surface area contributed by atoms with Crippen LogP contribution in [0.3, 0.4) is 0 Å². The Morgan fingerprint density at radius 1 is 1.04 bits per heavy atom. The van der Waals surface area contributed by atoms with E-state index in [4.69, 9.17) is 14.2 Å². The van der Waals surface area contributed by atoms with Gasteiger partial charge in [-0.2, -0.15) is 0 Å². The van der Waals surface area contributed by atoms with Crippen LogP contribution in [-0.2, 0) is 23.9 Å². The van der Waals surface area contributed by atoms with E-state index in [2.05, 4.69) is 5.32 Å². The topological polar surface area (TPSA) is 90.9 Å². The van der Waals surface area contributed by atoms with Crippen molar-refractivity contribution in [3.63, 3.8) is 0 Å². The molecule has 7 nitrogen and oxygen atoms in total. The number of carbonyl (C=O) groups is 3. The number of amides is 1. The second kappa shape index (κ2) is 10.3. The van der Waals surface area contributed by atoms with Crippen molar-refractivity contribution >= 4 is 28.6 Å². The fourth-order valence-electron chi connectivity index (χ4n) is 2.60. The van der Waals surface area contributed by atoms with Crippen molar-refractivity contribution in [2.75, 3.05) is 20.3 Å². The van der Waals surface area contributed by atoms with Gasteiger partial charge in [0.1, 0.15) is 11.8 Å². The quantitative estimate of drug-likeness (QED) is 0.665. The number of carbonyl (C=O) groups excluding carboxylic acids is 3. The average Bonchev–Trinajstić information content (AvgIpc) is 2.73. The monoisotopic (exact) mass is 387 g/mol. The van der Waals surface area contributed by atoms with Gasteiger partial charge < -0.3 is 19.5 Å². The van der Waals surface area contributed by atoms with Crippen LogP contribution in [0.25, 0.3) is 10.8 Å². The molecule has 0 bridgehead atoms. The van der Waals surface area contributed by atoms with E-state index in [9.17, 15) is 14.4 Å². The van der Waals surface area contributed by atoms with Gasteiger partial charge in [0, 0.05) is 0 Å². The molecule has 0 saturated carbocycles. The van der Waals surface area contributed by atoms with Crippen LogP contribution in [0.1, 0.15) is 20.3 Å². The lowest BCUT2D eigenvalue weighted by Gasteiger charge is -2.21. The summed E-state index contributed by atoms with van der Waals surface area (Å²) in [5.74, 6) is -1.36. The smallest absolute Gasteiger partial charge is 0.344 e. The van der Waals surface area contributed by atoms with Crippen LogP contribution < -0.4 is 10.1 Å². The summed E-state index contributed by atoms with van der Waals surface area (Å²) in [7, 11) is 1.26. The zero-order chi connectivity index (χ0) is 20.5. The first-order valence-electron chi connectivity index (χ1n) is 9.09. The molecule has 28 heavy (non-hydrogen) atoms. The minimum Gasteiger partial charge on any atom is -0.482 e. The normalized spacial score (nSPS) is 12.7. The van der Waals surface area contributed by atoms with Crippen molar-refractivity contribution in [3.8, 4) is 5.75 Å². The summed E-state index contributed by atoms with van der Waals surface area (Å²) in [6.45, 7) is 2.91. The summed E-state index contributed by atoms with van der Waals surface area (Å²) in [4.78, 5) is 35.6. The van der Waals surface area contributed by atoms with Crippen LogP contribution >= 0.6 is 0 Å². The summed E-state index contributed by atoms with van der Waals surface area (Å²) in [6.07, 6.45) is 0.680. The number of esters is 2. The first kappa shape index (κ1) is 21.2. The molecule has 0 aliphatic rings. The molecule has 0 saturated heterocycles. The van der Waals surface area contributed by atoms with E-state index >= 15 is 0 Å². The van der Waals surface area contributed by atoms with Gasteiger partial charge in [-0.25, -0.2) is 9.59 Å². The SMILES string of the molecule is CC[C@@H](C)[C@@H](NC(=O)COC(=O)COc1ccc2ccccc2c1)C(=O)OC. The maximum absolute atomic E-state index is 12.0. The summed E-state index contributed by atoms with van der Waals surface area (Å²) in [5.41, 5.74) is 0. The molecule has 0 heterocycles. The molecular weight excluding hydrogens is 362 g/mol.